The predicted molar refractivity (Wildman–Crippen MR) is 106 cm³/mol. The number of carbonyl (C=O) groups is 2. The highest BCUT2D eigenvalue weighted by atomic mass is 16.2. The smallest absolute Gasteiger partial charge is 0.244 e. The summed E-state index contributed by atoms with van der Waals surface area (Å²) in [6.45, 7) is 4.63. The minimum absolute atomic E-state index is 0.000475. The van der Waals surface area contributed by atoms with Crippen LogP contribution in [0.2, 0.25) is 0 Å². The van der Waals surface area contributed by atoms with Gasteiger partial charge in [0.05, 0.1) is 12.6 Å². The Morgan fingerprint density at radius 2 is 1.93 bits per heavy atom. The third-order valence-corrected chi connectivity index (χ3v) is 5.98. The second-order valence-corrected chi connectivity index (χ2v) is 8.32. The van der Waals surface area contributed by atoms with Crippen molar-refractivity contribution in [3.8, 4) is 0 Å². The molecule has 2 amide bonds. The average molecular weight is 397 g/mol. The number of fused-ring (bicyclic) bond motifs is 1. The van der Waals surface area contributed by atoms with Crippen molar-refractivity contribution in [2.45, 2.75) is 19.5 Å². The molecule has 0 bridgehead atoms. The van der Waals surface area contributed by atoms with E-state index in [4.69, 9.17) is 0 Å². The summed E-state index contributed by atoms with van der Waals surface area (Å²) in [5, 5.41) is 11.0. The van der Waals surface area contributed by atoms with Crippen LogP contribution < -0.4 is 0 Å². The van der Waals surface area contributed by atoms with Crippen LogP contribution in [0.3, 0.4) is 0 Å². The minimum atomic E-state index is -0.000475. The van der Waals surface area contributed by atoms with Gasteiger partial charge in [0.15, 0.2) is 0 Å². The lowest BCUT2D eigenvalue weighted by Gasteiger charge is -2.31. The van der Waals surface area contributed by atoms with Crippen LogP contribution in [0.1, 0.15) is 17.2 Å². The summed E-state index contributed by atoms with van der Waals surface area (Å²) < 4.78 is 1.45. The van der Waals surface area contributed by atoms with Crippen molar-refractivity contribution in [2.75, 3.05) is 40.3 Å². The van der Waals surface area contributed by atoms with E-state index in [1.807, 2.05) is 40.9 Å². The molecule has 0 radical (unpaired) electrons. The summed E-state index contributed by atoms with van der Waals surface area (Å²) in [5.41, 5.74) is 2.36. The fraction of sp³-hybridized carbons (Fsp3) is 0.550. The maximum absolute atomic E-state index is 13.0. The minimum Gasteiger partial charge on any atom is -0.340 e. The number of nitrogens with zero attached hydrogens (tertiary/aromatic N) is 7. The number of likely N-dealkylation sites (N-methyl/N-ethyl adjacent to an activating group) is 1. The number of hydrogen-bond acceptors (Lipinski definition) is 6. The fourth-order valence-electron chi connectivity index (χ4n) is 4.68. The molecule has 2 aliphatic heterocycles. The van der Waals surface area contributed by atoms with E-state index in [-0.39, 0.29) is 36.2 Å². The average Bonchev–Trinajstić information content (AvgIpc) is 3.37. The third kappa shape index (κ3) is 3.87. The first-order chi connectivity index (χ1) is 13.9. The van der Waals surface area contributed by atoms with E-state index >= 15 is 0 Å². The highest BCUT2D eigenvalue weighted by molar-refractivity contribution is 5.80. The van der Waals surface area contributed by atoms with E-state index < -0.39 is 0 Å². The van der Waals surface area contributed by atoms with Gasteiger partial charge in [-0.25, -0.2) is 4.68 Å². The van der Waals surface area contributed by atoms with Gasteiger partial charge < -0.3 is 14.7 Å². The molecule has 154 valence electrons. The second-order valence-electron chi connectivity index (χ2n) is 8.32. The summed E-state index contributed by atoms with van der Waals surface area (Å²) in [6, 6.07) is 8.25. The van der Waals surface area contributed by atoms with Gasteiger partial charge in [-0.2, -0.15) is 0 Å². The van der Waals surface area contributed by atoms with Gasteiger partial charge in [-0.15, -0.1) is 5.10 Å². The Labute approximate surface area is 170 Å². The Bertz CT molecular complexity index is 883. The molecule has 3 atom stereocenters. The van der Waals surface area contributed by atoms with Gasteiger partial charge >= 0.3 is 0 Å². The SMILES string of the molecule is Cc1ccccc1[C@H]1[C@@H]2CN(C(=O)Cn3cnnn3)C[C@@H]2CN1C(=O)CN(C)C. The topological polar surface area (TPSA) is 87.5 Å². The molecule has 0 saturated carbocycles. The number of benzene rings is 1. The zero-order valence-corrected chi connectivity index (χ0v) is 17.1. The van der Waals surface area contributed by atoms with Crippen molar-refractivity contribution in [1.29, 1.82) is 0 Å². The molecule has 3 heterocycles. The van der Waals surface area contributed by atoms with Gasteiger partial charge in [0.1, 0.15) is 12.9 Å². The van der Waals surface area contributed by atoms with Gasteiger partial charge in [0, 0.05) is 31.5 Å². The van der Waals surface area contributed by atoms with Crippen LogP contribution >= 0.6 is 0 Å². The zero-order chi connectivity index (χ0) is 20.5. The predicted octanol–water partition coefficient (Wildman–Crippen LogP) is 0.201. The number of rotatable bonds is 5. The van der Waals surface area contributed by atoms with E-state index in [1.165, 1.54) is 22.1 Å². The lowest BCUT2D eigenvalue weighted by atomic mass is 9.87. The zero-order valence-electron chi connectivity index (χ0n) is 17.1. The Kier molecular flexibility index (Phi) is 5.31. The second kappa shape index (κ2) is 7.90. The number of likely N-dealkylation sites (tertiary alicyclic amines) is 2. The Morgan fingerprint density at radius 3 is 2.62 bits per heavy atom. The molecule has 29 heavy (non-hydrogen) atoms. The van der Waals surface area contributed by atoms with Gasteiger partial charge in [0.2, 0.25) is 11.8 Å². The molecule has 9 heteroatoms. The maximum Gasteiger partial charge on any atom is 0.244 e. The molecule has 2 saturated heterocycles. The van der Waals surface area contributed by atoms with Crippen molar-refractivity contribution >= 4 is 11.8 Å². The summed E-state index contributed by atoms with van der Waals surface area (Å²) in [6.07, 6.45) is 1.45. The highest BCUT2D eigenvalue weighted by Gasteiger charge is 2.50. The number of amides is 2. The summed E-state index contributed by atoms with van der Waals surface area (Å²) in [5.74, 6) is 0.675. The van der Waals surface area contributed by atoms with Gasteiger partial charge in [0.25, 0.3) is 0 Å². The fourth-order valence-corrected chi connectivity index (χ4v) is 4.68. The number of aromatic nitrogens is 4. The van der Waals surface area contributed by atoms with Crippen molar-refractivity contribution in [1.82, 2.24) is 34.9 Å². The first-order valence-corrected chi connectivity index (χ1v) is 9.92. The standard InChI is InChI=1S/C20H27N7O2/c1-14-6-4-5-7-16(14)20-17-10-25(18(28)12-26-13-21-22-23-26)8-15(17)9-27(20)19(29)11-24(2)3/h4-7,13,15,17,20H,8-12H2,1-3H3/t15-,17-,20+/m1/s1. The molecular weight excluding hydrogens is 370 g/mol. The van der Waals surface area contributed by atoms with E-state index in [0.717, 1.165) is 0 Å². The molecule has 2 fully saturated rings. The quantitative estimate of drug-likeness (QED) is 0.716. The Balaban J connectivity index is 1.56. The van der Waals surface area contributed by atoms with Crippen LogP contribution in [0, 0.1) is 18.8 Å². The number of tetrazole rings is 1. The van der Waals surface area contributed by atoms with Crippen molar-refractivity contribution in [2.24, 2.45) is 11.8 Å². The molecule has 4 rings (SSSR count). The molecule has 1 aromatic heterocycles. The first kappa shape index (κ1) is 19.5. The molecule has 1 aromatic carbocycles. The molecule has 2 aliphatic rings. The van der Waals surface area contributed by atoms with Crippen LogP contribution in [0.15, 0.2) is 30.6 Å². The number of carbonyl (C=O) groups excluding carboxylic acids is 2. The Morgan fingerprint density at radius 1 is 1.14 bits per heavy atom. The van der Waals surface area contributed by atoms with E-state index in [9.17, 15) is 9.59 Å². The Hall–Kier alpha value is -2.81. The van der Waals surface area contributed by atoms with Gasteiger partial charge in [-0.05, 0) is 42.6 Å². The summed E-state index contributed by atoms with van der Waals surface area (Å²) >= 11 is 0. The normalized spacial score (nSPS) is 23.7. The molecule has 0 spiro atoms. The van der Waals surface area contributed by atoms with Crippen LogP contribution in [0.4, 0.5) is 0 Å². The largest absolute Gasteiger partial charge is 0.340 e. The van der Waals surface area contributed by atoms with Crippen molar-refractivity contribution < 1.29 is 9.59 Å². The van der Waals surface area contributed by atoms with Crippen LogP contribution in [-0.2, 0) is 16.1 Å². The number of aryl methyl sites for hydroxylation is 1. The summed E-state index contributed by atoms with van der Waals surface area (Å²) in [4.78, 5) is 31.6. The maximum atomic E-state index is 13.0. The van der Waals surface area contributed by atoms with Crippen molar-refractivity contribution in [3.05, 3.63) is 41.7 Å². The van der Waals surface area contributed by atoms with Crippen LogP contribution in [0.5, 0.6) is 0 Å². The van der Waals surface area contributed by atoms with Crippen molar-refractivity contribution in [3.63, 3.8) is 0 Å². The molecular formula is C20H27N7O2. The van der Waals surface area contributed by atoms with E-state index in [1.54, 1.807) is 0 Å². The van der Waals surface area contributed by atoms with Gasteiger partial charge in [-0.3, -0.25) is 9.59 Å². The van der Waals surface area contributed by atoms with E-state index in [2.05, 4.69) is 34.6 Å². The summed E-state index contributed by atoms with van der Waals surface area (Å²) in [7, 11) is 3.83. The highest BCUT2D eigenvalue weighted by Crippen LogP contribution is 2.45. The molecule has 9 nitrogen and oxygen atoms in total. The lowest BCUT2D eigenvalue weighted by molar-refractivity contribution is -0.134. The van der Waals surface area contributed by atoms with Crippen LogP contribution in [-0.4, -0.2) is 87.0 Å². The first-order valence-electron chi connectivity index (χ1n) is 9.92. The molecule has 0 N–H and O–H groups in total. The molecule has 0 aliphatic carbocycles. The number of hydrogen-bond donors (Lipinski definition) is 0. The monoisotopic (exact) mass is 397 g/mol. The third-order valence-electron chi connectivity index (χ3n) is 5.98. The van der Waals surface area contributed by atoms with E-state index in [0.29, 0.717) is 26.2 Å². The molecule has 0 unspecified atom stereocenters. The molecule has 2 aromatic rings. The van der Waals surface area contributed by atoms with Crippen LogP contribution in [0.25, 0.3) is 0 Å². The lowest BCUT2D eigenvalue weighted by Crippen LogP contribution is -2.41. The van der Waals surface area contributed by atoms with Gasteiger partial charge in [-0.1, -0.05) is 24.3 Å².